The van der Waals surface area contributed by atoms with Gasteiger partial charge in [-0.05, 0) is 5.41 Å². The van der Waals surface area contributed by atoms with Gasteiger partial charge in [0, 0.05) is 0 Å². The standard InChI is InChI=1S/C8H16O4/c1-8(2,3)7(12)5(9)4-6(10)11/h5,7,9,12H,4H2,1-3H3,(H,10,11). The summed E-state index contributed by atoms with van der Waals surface area (Å²) in [5, 5.41) is 26.9. The van der Waals surface area contributed by atoms with Crippen molar-refractivity contribution in [2.45, 2.75) is 39.4 Å². The molecule has 0 aromatic heterocycles. The van der Waals surface area contributed by atoms with Crippen molar-refractivity contribution in [1.82, 2.24) is 0 Å². The molecule has 0 aliphatic carbocycles. The molecule has 3 N–H and O–H groups in total. The summed E-state index contributed by atoms with van der Waals surface area (Å²) in [5.74, 6) is -1.11. The second-order valence-electron chi connectivity index (χ2n) is 3.98. The summed E-state index contributed by atoms with van der Waals surface area (Å²) < 4.78 is 0. The number of rotatable bonds is 3. The molecule has 0 aromatic rings. The SMILES string of the molecule is CC(C)(C)C(O)C(O)CC(=O)O. The largest absolute Gasteiger partial charge is 0.481 e. The molecule has 0 spiro atoms. The van der Waals surface area contributed by atoms with E-state index in [9.17, 15) is 15.0 Å². The molecule has 0 saturated heterocycles. The van der Waals surface area contributed by atoms with E-state index >= 15 is 0 Å². The number of aliphatic hydroxyl groups is 2. The number of carbonyl (C=O) groups is 1. The summed E-state index contributed by atoms with van der Waals surface area (Å²) in [4.78, 5) is 10.2. The van der Waals surface area contributed by atoms with Crippen molar-refractivity contribution >= 4 is 5.97 Å². The van der Waals surface area contributed by atoms with E-state index in [1.807, 2.05) is 0 Å². The first-order valence-electron chi connectivity index (χ1n) is 3.83. The third-order valence-corrected chi connectivity index (χ3v) is 1.64. The van der Waals surface area contributed by atoms with E-state index < -0.39 is 30.0 Å². The number of hydrogen-bond donors (Lipinski definition) is 3. The maximum absolute atomic E-state index is 10.2. The first-order valence-corrected chi connectivity index (χ1v) is 3.83. The summed E-state index contributed by atoms with van der Waals surface area (Å²) in [5.41, 5.74) is -0.491. The van der Waals surface area contributed by atoms with Crippen molar-refractivity contribution in [2.75, 3.05) is 0 Å². The highest BCUT2D eigenvalue weighted by atomic mass is 16.4. The lowest BCUT2D eigenvalue weighted by atomic mass is 9.85. The second kappa shape index (κ2) is 3.87. The van der Waals surface area contributed by atoms with E-state index in [0.29, 0.717) is 0 Å². The molecule has 4 heteroatoms. The van der Waals surface area contributed by atoms with Gasteiger partial charge in [0.25, 0.3) is 0 Å². The summed E-state index contributed by atoms with van der Waals surface area (Å²) in [7, 11) is 0. The molecule has 2 atom stereocenters. The van der Waals surface area contributed by atoms with Crippen LogP contribution < -0.4 is 0 Å². The molecule has 4 nitrogen and oxygen atoms in total. The fourth-order valence-electron chi connectivity index (χ4n) is 0.868. The zero-order chi connectivity index (χ0) is 9.94. The molecule has 0 amide bonds. The highest BCUT2D eigenvalue weighted by Crippen LogP contribution is 2.22. The Balaban J connectivity index is 4.10. The van der Waals surface area contributed by atoms with Gasteiger partial charge in [0.15, 0.2) is 0 Å². The third-order valence-electron chi connectivity index (χ3n) is 1.64. The van der Waals surface area contributed by atoms with E-state index in [2.05, 4.69) is 0 Å². The summed E-state index contributed by atoms with van der Waals surface area (Å²) in [6.07, 6.45) is -2.62. The zero-order valence-corrected chi connectivity index (χ0v) is 7.61. The van der Waals surface area contributed by atoms with Gasteiger partial charge in [-0.25, -0.2) is 0 Å². The van der Waals surface area contributed by atoms with E-state index in [4.69, 9.17) is 5.11 Å². The molecule has 2 unspecified atom stereocenters. The van der Waals surface area contributed by atoms with Crippen molar-refractivity contribution in [3.63, 3.8) is 0 Å². The van der Waals surface area contributed by atoms with Crippen molar-refractivity contribution in [2.24, 2.45) is 5.41 Å². The van der Waals surface area contributed by atoms with E-state index in [1.165, 1.54) is 0 Å². The van der Waals surface area contributed by atoms with Crippen molar-refractivity contribution in [3.8, 4) is 0 Å². The summed E-state index contributed by atoms with van der Waals surface area (Å²) in [6.45, 7) is 5.22. The van der Waals surface area contributed by atoms with Crippen LogP contribution in [0.5, 0.6) is 0 Å². The monoisotopic (exact) mass is 176 g/mol. The van der Waals surface area contributed by atoms with Gasteiger partial charge in [0.05, 0.1) is 18.6 Å². The zero-order valence-electron chi connectivity index (χ0n) is 7.61. The minimum atomic E-state index is -1.19. The maximum atomic E-state index is 10.2. The molecule has 12 heavy (non-hydrogen) atoms. The Morgan fingerprint density at radius 1 is 1.33 bits per heavy atom. The minimum Gasteiger partial charge on any atom is -0.481 e. The average molecular weight is 176 g/mol. The van der Waals surface area contributed by atoms with Gasteiger partial charge in [-0.15, -0.1) is 0 Å². The van der Waals surface area contributed by atoms with Crippen LogP contribution in [-0.4, -0.2) is 33.5 Å². The van der Waals surface area contributed by atoms with Crippen LogP contribution in [0, 0.1) is 5.41 Å². The predicted octanol–water partition coefficient (Wildman–Crippen LogP) is 0.229. The third kappa shape index (κ3) is 3.69. The van der Waals surface area contributed by atoms with E-state index in [1.54, 1.807) is 20.8 Å². The number of aliphatic hydroxyl groups excluding tert-OH is 2. The minimum absolute atomic E-state index is 0.418. The second-order valence-corrected chi connectivity index (χ2v) is 3.98. The predicted molar refractivity (Wildman–Crippen MR) is 43.7 cm³/mol. The number of carboxylic acid groups (broad SMARTS) is 1. The van der Waals surface area contributed by atoms with Gasteiger partial charge < -0.3 is 15.3 Å². The van der Waals surface area contributed by atoms with Crippen LogP contribution in [0.1, 0.15) is 27.2 Å². The molecular formula is C8H16O4. The lowest BCUT2D eigenvalue weighted by Crippen LogP contribution is -2.38. The molecule has 0 heterocycles. The Bertz CT molecular complexity index is 159. The van der Waals surface area contributed by atoms with Gasteiger partial charge in [-0.3, -0.25) is 4.79 Å². The Kier molecular flexibility index (Phi) is 3.67. The van der Waals surface area contributed by atoms with Crippen LogP contribution in [-0.2, 0) is 4.79 Å². The molecule has 72 valence electrons. The van der Waals surface area contributed by atoms with Gasteiger partial charge >= 0.3 is 5.97 Å². The molecule has 0 fully saturated rings. The van der Waals surface area contributed by atoms with E-state index in [-0.39, 0.29) is 0 Å². The van der Waals surface area contributed by atoms with Crippen LogP contribution in [0.25, 0.3) is 0 Å². The molecule has 0 aromatic carbocycles. The number of aliphatic carboxylic acids is 1. The summed E-state index contributed by atoms with van der Waals surface area (Å²) in [6, 6.07) is 0. The van der Waals surface area contributed by atoms with Crippen LogP contribution in [0.2, 0.25) is 0 Å². The number of carboxylic acids is 1. The van der Waals surface area contributed by atoms with Gasteiger partial charge in [-0.1, -0.05) is 20.8 Å². The smallest absolute Gasteiger partial charge is 0.306 e. The molecule has 0 bridgehead atoms. The van der Waals surface area contributed by atoms with Crippen molar-refractivity contribution < 1.29 is 20.1 Å². The Labute approximate surface area is 71.8 Å². The average Bonchev–Trinajstić information content (AvgIpc) is 1.82. The summed E-state index contributed by atoms with van der Waals surface area (Å²) >= 11 is 0. The van der Waals surface area contributed by atoms with Crippen LogP contribution in [0.4, 0.5) is 0 Å². The molecule has 0 rings (SSSR count). The first-order chi connectivity index (χ1) is 5.25. The van der Waals surface area contributed by atoms with Gasteiger partial charge in [0.2, 0.25) is 0 Å². The van der Waals surface area contributed by atoms with Gasteiger partial charge in [-0.2, -0.15) is 0 Å². The Morgan fingerprint density at radius 3 is 2.00 bits per heavy atom. The fraction of sp³-hybridized carbons (Fsp3) is 0.875. The fourth-order valence-corrected chi connectivity index (χ4v) is 0.868. The molecule has 0 aliphatic heterocycles. The van der Waals surface area contributed by atoms with Crippen LogP contribution in [0.15, 0.2) is 0 Å². The molecule has 0 saturated carbocycles. The van der Waals surface area contributed by atoms with Crippen LogP contribution >= 0.6 is 0 Å². The maximum Gasteiger partial charge on any atom is 0.306 e. The Hall–Kier alpha value is -0.610. The Morgan fingerprint density at radius 2 is 1.75 bits per heavy atom. The quantitative estimate of drug-likeness (QED) is 0.575. The topological polar surface area (TPSA) is 77.8 Å². The normalized spacial score (nSPS) is 17.1. The van der Waals surface area contributed by atoms with Crippen molar-refractivity contribution in [1.29, 1.82) is 0 Å². The molecule has 0 radical (unpaired) electrons. The lowest BCUT2D eigenvalue weighted by molar-refractivity contribution is -0.142. The number of hydrogen-bond acceptors (Lipinski definition) is 3. The molecular weight excluding hydrogens is 160 g/mol. The van der Waals surface area contributed by atoms with Crippen LogP contribution in [0.3, 0.4) is 0 Å². The lowest BCUT2D eigenvalue weighted by Gasteiger charge is -2.29. The van der Waals surface area contributed by atoms with Crippen molar-refractivity contribution in [3.05, 3.63) is 0 Å². The highest BCUT2D eigenvalue weighted by Gasteiger charge is 2.30. The first kappa shape index (κ1) is 11.4. The van der Waals surface area contributed by atoms with Gasteiger partial charge in [0.1, 0.15) is 0 Å². The molecule has 0 aliphatic rings. The van der Waals surface area contributed by atoms with E-state index in [0.717, 1.165) is 0 Å². The highest BCUT2D eigenvalue weighted by molar-refractivity contribution is 5.67.